The molecule has 1 saturated heterocycles. The second kappa shape index (κ2) is 7.17. The number of pyridine rings is 1. The highest BCUT2D eigenvalue weighted by molar-refractivity contribution is 7.99. The number of hydrogen-bond acceptors (Lipinski definition) is 5. The molecule has 2 aromatic carbocycles. The number of ether oxygens (including phenoxy) is 1. The van der Waals surface area contributed by atoms with Crippen LogP contribution in [-0.2, 0) is 14.9 Å². The summed E-state index contributed by atoms with van der Waals surface area (Å²) in [6.07, 6.45) is 2.81. The smallest absolute Gasteiger partial charge is 0.228 e. The second-order valence-corrected chi connectivity index (χ2v) is 8.42. The highest BCUT2D eigenvalue weighted by Crippen LogP contribution is 2.38. The summed E-state index contributed by atoms with van der Waals surface area (Å²) in [5.41, 5.74) is 8.01. The number of carbonyl (C=O) groups excluding carboxylic acids is 1. The van der Waals surface area contributed by atoms with E-state index in [2.05, 4.69) is 46.5 Å². The molecular weight excluding hydrogens is 384 g/mol. The summed E-state index contributed by atoms with van der Waals surface area (Å²) in [7, 11) is 0. The van der Waals surface area contributed by atoms with Crippen LogP contribution in [0.15, 0.2) is 70.7 Å². The van der Waals surface area contributed by atoms with Crippen molar-refractivity contribution in [2.24, 2.45) is 5.73 Å². The zero-order valence-corrected chi connectivity index (χ0v) is 16.6. The van der Waals surface area contributed by atoms with Crippen LogP contribution in [-0.4, -0.2) is 33.7 Å². The van der Waals surface area contributed by atoms with Gasteiger partial charge in [-0.2, -0.15) is 5.10 Å². The van der Waals surface area contributed by atoms with Crippen LogP contribution in [0, 0.1) is 0 Å². The number of primary amides is 1. The van der Waals surface area contributed by atoms with Crippen molar-refractivity contribution in [1.82, 2.24) is 14.6 Å². The van der Waals surface area contributed by atoms with E-state index in [1.165, 1.54) is 0 Å². The molecule has 6 nitrogen and oxygen atoms in total. The van der Waals surface area contributed by atoms with E-state index < -0.39 is 5.41 Å². The van der Waals surface area contributed by atoms with Crippen LogP contribution in [0.25, 0.3) is 16.6 Å². The van der Waals surface area contributed by atoms with Gasteiger partial charge in [-0.1, -0.05) is 23.9 Å². The number of nitrogens with two attached hydrogens (primary N) is 1. The van der Waals surface area contributed by atoms with Crippen molar-refractivity contribution in [2.45, 2.75) is 28.0 Å². The molecule has 0 unspecified atom stereocenters. The van der Waals surface area contributed by atoms with Crippen LogP contribution >= 0.6 is 11.8 Å². The first-order valence-corrected chi connectivity index (χ1v) is 10.4. The van der Waals surface area contributed by atoms with E-state index in [1.807, 2.05) is 22.7 Å². The van der Waals surface area contributed by atoms with Gasteiger partial charge in [0.05, 0.1) is 10.9 Å². The maximum Gasteiger partial charge on any atom is 0.228 e. The average Bonchev–Trinajstić information content (AvgIpc) is 3.23. The minimum absolute atomic E-state index is 0.273. The molecule has 146 valence electrons. The van der Waals surface area contributed by atoms with E-state index in [4.69, 9.17) is 10.5 Å². The monoisotopic (exact) mass is 404 g/mol. The van der Waals surface area contributed by atoms with Crippen molar-refractivity contribution in [3.05, 3.63) is 66.5 Å². The van der Waals surface area contributed by atoms with Crippen LogP contribution in [0.1, 0.15) is 18.4 Å². The third-order valence-corrected chi connectivity index (χ3v) is 6.63. The number of aromatic nitrogens is 3. The topological polar surface area (TPSA) is 82.5 Å². The SMILES string of the molecule is NC(=O)C1(c2cccc(Sc3ccc4c(ccc5ncnn54)c3)c2)CCOCC1. The lowest BCUT2D eigenvalue weighted by molar-refractivity contribution is -0.127. The van der Waals surface area contributed by atoms with E-state index in [0.717, 1.165) is 31.9 Å². The van der Waals surface area contributed by atoms with Crippen LogP contribution in [0.5, 0.6) is 0 Å². The van der Waals surface area contributed by atoms with E-state index in [0.29, 0.717) is 26.1 Å². The summed E-state index contributed by atoms with van der Waals surface area (Å²) in [6.45, 7) is 1.11. The van der Waals surface area contributed by atoms with Gasteiger partial charge in [0.15, 0.2) is 5.65 Å². The summed E-state index contributed by atoms with van der Waals surface area (Å²) in [4.78, 5) is 18.8. The number of hydrogen-bond donors (Lipinski definition) is 1. The highest BCUT2D eigenvalue weighted by Gasteiger charge is 2.40. The Bertz CT molecular complexity index is 1210. The quantitative estimate of drug-likeness (QED) is 0.562. The van der Waals surface area contributed by atoms with Gasteiger partial charge in [0.2, 0.25) is 5.91 Å². The first kappa shape index (κ1) is 18.1. The van der Waals surface area contributed by atoms with Crippen LogP contribution in [0.2, 0.25) is 0 Å². The molecule has 0 radical (unpaired) electrons. The maximum absolute atomic E-state index is 12.3. The Labute approximate surface area is 172 Å². The summed E-state index contributed by atoms with van der Waals surface area (Å²) < 4.78 is 7.30. The predicted octanol–water partition coefficient (Wildman–Crippen LogP) is 3.57. The lowest BCUT2D eigenvalue weighted by Gasteiger charge is -2.34. The molecule has 1 amide bonds. The maximum atomic E-state index is 12.3. The molecule has 1 aliphatic heterocycles. The minimum Gasteiger partial charge on any atom is -0.381 e. The number of nitrogens with zero attached hydrogens (tertiary/aromatic N) is 3. The lowest BCUT2D eigenvalue weighted by atomic mass is 9.73. The average molecular weight is 404 g/mol. The fourth-order valence-electron chi connectivity index (χ4n) is 4.03. The van der Waals surface area contributed by atoms with E-state index in [1.54, 1.807) is 18.1 Å². The van der Waals surface area contributed by atoms with Crippen LogP contribution in [0.4, 0.5) is 0 Å². The van der Waals surface area contributed by atoms with Gasteiger partial charge < -0.3 is 10.5 Å². The third kappa shape index (κ3) is 3.16. The summed E-state index contributed by atoms with van der Waals surface area (Å²) in [5.74, 6) is -0.273. The Morgan fingerprint density at radius 3 is 2.72 bits per heavy atom. The molecule has 2 N–H and O–H groups in total. The first-order valence-electron chi connectivity index (χ1n) is 9.54. The van der Waals surface area contributed by atoms with Gasteiger partial charge >= 0.3 is 0 Å². The Hall–Kier alpha value is -2.90. The predicted molar refractivity (Wildman–Crippen MR) is 112 cm³/mol. The molecule has 5 rings (SSSR count). The van der Waals surface area contributed by atoms with Crippen LogP contribution in [0.3, 0.4) is 0 Å². The molecule has 3 heterocycles. The summed E-state index contributed by atoms with van der Waals surface area (Å²) in [5, 5.41) is 5.39. The van der Waals surface area contributed by atoms with Crippen molar-refractivity contribution in [1.29, 1.82) is 0 Å². The molecule has 4 aromatic rings. The molecule has 0 atom stereocenters. The Morgan fingerprint density at radius 1 is 1.07 bits per heavy atom. The fraction of sp³-hybridized carbons (Fsp3) is 0.227. The highest BCUT2D eigenvalue weighted by atomic mass is 32.2. The number of carbonyl (C=O) groups is 1. The van der Waals surface area contributed by atoms with Gasteiger partial charge in [0.25, 0.3) is 0 Å². The second-order valence-electron chi connectivity index (χ2n) is 7.27. The Balaban J connectivity index is 1.48. The summed E-state index contributed by atoms with van der Waals surface area (Å²) >= 11 is 1.67. The fourth-order valence-corrected chi connectivity index (χ4v) is 4.95. The molecule has 7 heteroatoms. The van der Waals surface area contributed by atoms with Crippen molar-refractivity contribution < 1.29 is 9.53 Å². The first-order chi connectivity index (χ1) is 14.2. The number of amides is 1. The van der Waals surface area contributed by atoms with Gasteiger partial charge in [-0.15, -0.1) is 0 Å². The Morgan fingerprint density at radius 2 is 1.90 bits per heavy atom. The van der Waals surface area contributed by atoms with E-state index in [-0.39, 0.29) is 5.91 Å². The normalized spacial score (nSPS) is 16.3. The molecule has 1 fully saturated rings. The van der Waals surface area contributed by atoms with Crippen molar-refractivity contribution in [2.75, 3.05) is 13.2 Å². The van der Waals surface area contributed by atoms with Crippen LogP contribution < -0.4 is 5.73 Å². The molecule has 0 aliphatic carbocycles. The van der Waals surface area contributed by atoms with E-state index >= 15 is 0 Å². The molecule has 1 aliphatic rings. The third-order valence-electron chi connectivity index (χ3n) is 5.65. The molecular formula is C22H20N4O2S. The van der Waals surface area contributed by atoms with E-state index in [9.17, 15) is 4.79 Å². The molecule has 0 bridgehead atoms. The van der Waals surface area contributed by atoms with Gasteiger partial charge in [-0.3, -0.25) is 4.79 Å². The van der Waals surface area contributed by atoms with Crippen molar-refractivity contribution >= 4 is 34.2 Å². The van der Waals surface area contributed by atoms with Gasteiger partial charge in [0.1, 0.15) is 6.33 Å². The van der Waals surface area contributed by atoms with Gasteiger partial charge in [-0.05, 0) is 60.9 Å². The zero-order valence-electron chi connectivity index (χ0n) is 15.7. The van der Waals surface area contributed by atoms with Crippen molar-refractivity contribution in [3.63, 3.8) is 0 Å². The number of rotatable bonds is 4. The standard InChI is InChI=1S/C22H20N4O2S/c23-21(27)22(8-10-28-11-9-22)16-2-1-3-17(13-16)29-18-5-6-19-15(12-18)4-7-20-24-14-25-26(19)20/h1-7,12-14H,8-11H2,(H2,23,27). The zero-order chi connectivity index (χ0) is 19.8. The molecule has 2 aromatic heterocycles. The van der Waals surface area contributed by atoms with Gasteiger partial charge in [-0.25, -0.2) is 9.50 Å². The largest absolute Gasteiger partial charge is 0.381 e. The Kier molecular flexibility index (Phi) is 4.49. The number of fused-ring (bicyclic) bond motifs is 3. The lowest BCUT2D eigenvalue weighted by Crippen LogP contribution is -2.45. The van der Waals surface area contributed by atoms with Crippen molar-refractivity contribution in [3.8, 4) is 0 Å². The molecule has 0 saturated carbocycles. The number of benzene rings is 2. The molecule has 29 heavy (non-hydrogen) atoms. The minimum atomic E-state index is -0.642. The van der Waals surface area contributed by atoms with Gasteiger partial charge in [0, 0.05) is 28.4 Å². The summed E-state index contributed by atoms with van der Waals surface area (Å²) in [6, 6.07) is 18.5. The molecule has 0 spiro atoms.